The van der Waals surface area contributed by atoms with Gasteiger partial charge >= 0.3 is 6.18 Å². The molecule has 0 saturated carbocycles. The molecule has 0 radical (unpaired) electrons. The van der Waals surface area contributed by atoms with Gasteiger partial charge in [0.25, 0.3) is 0 Å². The van der Waals surface area contributed by atoms with E-state index in [2.05, 4.69) is 15.3 Å². The van der Waals surface area contributed by atoms with Crippen molar-refractivity contribution in [3.63, 3.8) is 0 Å². The van der Waals surface area contributed by atoms with E-state index < -0.39 is 17.7 Å². The maximum absolute atomic E-state index is 12.4. The third kappa shape index (κ3) is 3.47. The highest BCUT2D eigenvalue weighted by atomic mass is 19.4. The van der Waals surface area contributed by atoms with Crippen LogP contribution in [0.3, 0.4) is 0 Å². The first-order valence-electron chi connectivity index (χ1n) is 5.18. The molecule has 0 fully saturated rings. The van der Waals surface area contributed by atoms with Crippen molar-refractivity contribution in [1.29, 1.82) is 0 Å². The summed E-state index contributed by atoms with van der Waals surface area (Å²) >= 11 is 0. The quantitative estimate of drug-likeness (QED) is 0.862. The van der Waals surface area contributed by atoms with E-state index in [1.165, 1.54) is 0 Å². The van der Waals surface area contributed by atoms with E-state index in [1.807, 2.05) is 20.8 Å². The van der Waals surface area contributed by atoms with Crippen LogP contribution in [0.25, 0.3) is 0 Å². The Labute approximate surface area is 97.4 Å². The summed E-state index contributed by atoms with van der Waals surface area (Å²) in [6.07, 6.45) is -3.53. The molecule has 0 aromatic carbocycles. The molecule has 0 aliphatic carbocycles. The Hall–Kier alpha value is -1.53. The van der Waals surface area contributed by atoms with Crippen LogP contribution in [-0.4, -0.2) is 16.0 Å². The van der Waals surface area contributed by atoms with E-state index in [9.17, 15) is 13.2 Å². The second-order valence-electron chi connectivity index (χ2n) is 4.16. The van der Waals surface area contributed by atoms with E-state index in [4.69, 9.17) is 5.73 Å². The summed E-state index contributed by atoms with van der Waals surface area (Å²) in [6, 6.07) is 0.0698. The molecule has 0 bridgehead atoms. The molecule has 17 heavy (non-hydrogen) atoms. The number of halogens is 3. The molecule has 3 N–H and O–H groups in total. The van der Waals surface area contributed by atoms with Crippen LogP contribution in [0.4, 0.5) is 24.8 Å². The maximum Gasteiger partial charge on any atom is 0.437 e. The summed E-state index contributed by atoms with van der Waals surface area (Å²) in [5.74, 6) is -0.0459. The van der Waals surface area contributed by atoms with Crippen molar-refractivity contribution < 1.29 is 13.2 Å². The second kappa shape index (κ2) is 4.77. The largest absolute Gasteiger partial charge is 0.437 e. The number of nitrogens with zero attached hydrogens (tertiary/aromatic N) is 2. The first kappa shape index (κ1) is 13.5. The van der Waals surface area contributed by atoms with Crippen molar-refractivity contribution >= 4 is 11.6 Å². The van der Waals surface area contributed by atoms with Crippen molar-refractivity contribution in [1.82, 2.24) is 9.97 Å². The SMILES string of the molecule is CC(C)[C@@H](C)Nc1cnc(C(F)(F)F)c(N)n1. The third-order valence-electron chi connectivity index (χ3n) is 2.44. The molecule has 1 rings (SSSR count). The van der Waals surface area contributed by atoms with Gasteiger partial charge in [-0.1, -0.05) is 13.8 Å². The number of nitrogens with two attached hydrogens (primary N) is 1. The van der Waals surface area contributed by atoms with E-state index in [0.29, 0.717) is 5.92 Å². The van der Waals surface area contributed by atoms with Crippen LogP contribution in [0.2, 0.25) is 0 Å². The van der Waals surface area contributed by atoms with Crippen LogP contribution in [0.5, 0.6) is 0 Å². The van der Waals surface area contributed by atoms with E-state index >= 15 is 0 Å². The van der Waals surface area contributed by atoms with Gasteiger partial charge < -0.3 is 11.1 Å². The van der Waals surface area contributed by atoms with Crippen molar-refractivity contribution in [3.8, 4) is 0 Å². The van der Waals surface area contributed by atoms with Gasteiger partial charge in [0.05, 0.1) is 6.20 Å². The zero-order chi connectivity index (χ0) is 13.2. The predicted molar refractivity (Wildman–Crippen MR) is 59.4 cm³/mol. The molecule has 0 saturated heterocycles. The number of hydrogen-bond acceptors (Lipinski definition) is 4. The molecule has 0 amide bonds. The van der Waals surface area contributed by atoms with Crippen LogP contribution in [-0.2, 0) is 6.18 Å². The lowest BCUT2D eigenvalue weighted by Gasteiger charge is -2.18. The third-order valence-corrected chi connectivity index (χ3v) is 2.44. The molecule has 1 aromatic rings. The van der Waals surface area contributed by atoms with Crippen LogP contribution < -0.4 is 11.1 Å². The lowest BCUT2D eigenvalue weighted by atomic mass is 10.1. The summed E-state index contributed by atoms with van der Waals surface area (Å²) < 4.78 is 37.1. The van der Waals surface area contributed by atoms with Crippen molar-refractivity contribution in [3.05, 3.63) is 11.9 Å². The lowest BCUT2D eigenvalue weighted by Crippen LogP contribution is -2.23. The van der Waals surface area contributed by atoms with Crippen molar-refractivity contribution in [2.24, 2.45) is 5.92 Å². The molecule has 0 aliphatic heterocycles. The Balaban J connectivity index is 2.90. The molecule has 0 unspecified atom stereocenters. The molecular weight excluding hydrogens is 233 g/mol. The number of nitrogen functional groups attached to an aromatic ring is 1. The van der Waals surface area contributed by atoms with Gasteiger partial charge in [-0.15, -0.1) is 0 Å². The molecule has 1 heterocycles. The first-order chi connectivity index (χ1) is 7.71. The van der Waals surface area contributed by atoms with Crippen LogP contribution >= 0.6 is 0 Å². The normalized spacial score (nSPS) is 13.8. The number of aromatic nitrogens is 2. The van der Waals surface area contributed by atoms with Gasteiger partial charge in [0, 0.05) is 6.04 Å². The Morgan fingerprint density at radius 2 is 1.88 bits per heavy atom. The van der Waals surface area contributed by atoms with Crippen LogP contribution in [0, 0.1) is 5.92 Å². The predicted octanol–water partition coefficient (Wildman–Crippen LogP) is 2.53. The van der Waals surface area contributed by atoms with Gasteiger partial charge in [0.2, 0.25) is 0 Å². The number of rotatable bonds is 3. The van der Waals surface area contributed by atoms with Gasteiger partial charge in [-0.25, -0.2) is 9.97 Å². The fourth-order valence-corrected chi connectivity index (χ4v) is 1.09. The number of nitrogens with one attached hydrogen (secondary N) is 1. The van der Waals surface area contributed by atoms with Gasteiger partial charge in [-0.3, -0.25) is 0 Å². The smallest absolute Gasteiger partial charge is 0.382 e. The average Bonchev–Trinajstić information content (AvgIpc) is 2.15. The highest BCUT2D eigenvalue weighted by Gasteiger charge is 2.35. The van der Waals surface area contributed by atoms with Crippen LogP contribution in [0.1, 0.15) is 26.5 Å². The van der Waals surface area contributed by atoms with Crippen molar-refractivity contribution in [2.75, 3.05) is 11.1 Å². The first-order valence-corrected chi connectivity index (χ1v) is 5.18. The highest BCUT2D eigenvalue weighted by molar-refractivity contribution is 5.45. The number of alkyl halides is 3. The van der Waals surface area contributed by atoms with Gasteiger partial charge in [0.1, 0.15) is 5.82 Å². The minimum absolute atomic E-state index is 0.0698. The number of anilines is 2. The molecular formula is C10H15F3N4. The standard InChI is InChI=1S/C10H15F3N4/c1-5(2)6(3)16-7-4-15-8(9(14)17-7)10(11,12)13/h4-6H,1-3H3,(H3,14,16,17)/t6-/m1/s1. The fourth-order valence-electron chi connectivity index (χ4n) is 1.09. The Kier molecular flexibility index (Phi) is 3.79. The number of hydrogen-bond donors (Lipinski definition) is 2. The van der Waals surface area contributed by atoms with Gasteiger partial charge in [0.15, 0.2) is 11.5 Å². The Bertz CT molecular complexity index is 390. The van der Waals surface area contributed by atoms with Gasteiger partial charge in [-0.2, -0.15) is 13.2 Å². The minimum atomic E-state index is -4.57. The highest BCUT2D eigenvalue weighted by Crippen LogP contribution is 2.31. The zero-order valence-corrected chi connectivity index (χ0v) is 9.84. The summed E-state index contributed by atoms with van der Waals surface area (Å²) in [5, 5.41) is 2.94. The summed E-state index contributed by atoms with van der Waals surface area (Å²) in [5.41, 5.74) is 4.07. The Morgan fingerprint density at radius 1 is 1.29 bits per heavy atom. The molecule has 1 atom stereocenters. The van der Waals surface area contributed by atoms with E-state index in [0.717, 1.165) is 6.20 Å². The monoisotopic (exact) mass is 248 g/mol. The molecule has 4 nitrogen and oxygen atoms in total. The topological polar surface area (TPSA) is 63.8 Å². The summed E-state index contributed by atoms with van der Waals surface area (Å²) in [6.45, 7) is 5.87. The molecule has 0 aliphatic rings. The summed E-state index contributed by atoms with van der Waals surface area (Å²) in [4.78, 5) is 6.93. The second-order valence-corrected chi connectivity index (χ2v) is 4.16. The lowest BCUT2D eigenvalue weighted by molar-refractivity contribution is -0.140. The Morgan fingerprint density at radius 3 is 2.29 bits per heavy atom. The van der Waals surface area contributed by atoms with Crippen LogP contribution in [0.15, 0.2) is 6.20 Å². The molecule has 96 valence electrons. The zero-order valence-electron chi connectivity index (χ0n) is 9.84. The van der Waals surface area contributed by atoms with E-state index in [-0.39, 0.29) is 11.9 Å². The van der Waals surface area contributed by atoms with Crippen molar-refractivity contribution in [2.45, 2.75) is 33.0 Å². The van der Waals surface area contributed by atoms with E-state index in [1.54, 1.807) is 0 Å². The summed E-state index contributed by atoms with van der Waals surface area (Å²) in [7, 11) is 0. The molecule has 1 aromatic heterocycles. The maximum atomic E-state index is 12.4. The minimum Gasteiger partial charge on any atom is -0.382 e. The molecule has 7 heteroatoms. The van der Waals surface area contributed by atoms with Gasteiger partial charge in [-0.05, 0) is 12.8 Å². The average molecular weight is 248 g/mol. The fraction of sp³-hybridized carbons (Fsp3) is 0.600. The molecule has 0 spiro atoms.